The van der Waals surface area contributed by atoms with Crippen LogP contribution in [-0.4, -0.2) is 22.0 Å². The first-order valence-electron chi connectivity index (χ1n) is 6.97. The van der Waals surface area contributed by atoms with Gasteiger partial charge < -0.3 is 20.0 Å². The van der Waals surface area contributed by atoms with Gasteiger partial charge in [0.1, 0.15) is 0 Å². The summed E-state index contributed by atoms with van der Waals surface area (Å²) in [6.45, 7) is 1.53. The van der Waals surface area contributed by atoms with Gasteiger partial charge in [-0.25, -0.2) is 9.18 Å². The Balaban J connectivity index is 1.72. The predicted octanol–water partition coefficient (Wildman–Crippen LogP) is 2.40. The van der Waals surface area contributed by atoms with E-state index in [1.54, 1.807) is 30.3 Å². The molecule has 3 aromatic rings. The maximum atomic E-state index is 13.5. The fourth-order valence-electron chi connectivity index (χ4n) is 2.14. The molecule has 0 saturated heterocycles. The third kappa shape index (κ3) is 3.23. The van der Waals surface area contributed by atoms with E-state index in [9.17, 15) is 14.0 Å². The first kappa shape index (κ1) is 14.8. The first-order chi connectivity index (χ1) is 11.0. The summed E-state index contributed by atoms with van der Waals surface area (Å²) >= 11 is 0. The fourth-order valence-corrected chi connectivity index (χ4v) is 2.14. The summed E-state index contributed by atoms with van der Waals surface area (Å²) in [4.78, 5) is 28.6. The lowest BCUT2D eigenvalue weighted by atomic mass is 10.2. The number of halogens is 1. The normalized spacial score (nSPS) is 12.1. The Morgan fingerprint density at radius 1 is 1.17 bits per heavy atom. The van der Waals surface area contributed by atoms with Crippen LogP contribution in [0.4, 0.5) is 10.1 Å². The number of fused-ring (bicyclic) bond motifs is 1. The van der Waals surface area contributed by atoms with E-state index < -0.39 is 17.8 Å². The quantitative estimate of drug-likeness (QED) is 0.691. The number of aromatic nitrogens is 2. The van der Waals surface area contributed by atoms with E-state index in [2.05, 4.69) is 15.3 Å². The zero-order valence-electron chi connectivity index (χ0n) is 12.2. The SMILES string of the molecule is C[C@H](Oc1ccccc1F)C(=O)Nc1ccc2[nH]c(=O)[nH]c2c1. The number of H-pyrrole nitrogens is 2. The molecular formula is C16H14FN3O3. The molecule has 118 valence electrons. The van der Waals surface area contributed by atoms with Gasteiger partial charge in [0.05, 0.1) is 11.0 Å². The van der Waals surface area contributed by atoms with Crippen LogP contribution >= 0.6 is 0 Å². The number of carbonyl (C=O) groups excluding carboxylic acids is 1. The number of ether oxygens (including phenoxy) is 1. The van der Waals surface area contributed by atoms with Gasteiger partial charge in [0.2, 0.25) is 0 Å². The minimum absolute atomic E-state index is 0.0144. The van der Waals surface area contributed by atoms with Crippen molar-refractivity contribution in [2.45, 2.75) is 13.0 Å². The Kier molecular flexibility index (Phi) is 3.84. The average Bonchev–Trinajstić information content (AvgIpc) is 2.88. The van der Waals surface area contributed by atoms with Gasteiger partial charge in [0.25, 0.3) is 5.91 Å². The molecular weight excluding hydrogens is 301 g/mol. The van der Waals surface area contributed by atoms with Gasteiger partial charge in [-0.1, -0.05) is 12.1 Å². The van der Waals surface area contributed by atoms with Gasteiger partial charge in [0.15, 0.2) is 17.7 Å². The fraction of sp³-hybridized carbons (Fsp3) is 0.125. The molecule has 3 rings (SSSR count). The highest BCUT2D eigenvalue weighted by molar-refractivity contribution is 5.95. The van der Waals surface area contributed by atoms with Crippen molar-refractivity contribution in [3.63, 3.8) is 0 Å². The number of rotatable bonds is 4. The molecule has 7 heteroatoms. The minimum atomic E-state index is -0.882. The van der Waals surface area contributed by atoms with Crippen molar-refractivity contribution < 1.29 is 13.9 Å². The zero-order valence-corrected chi connectivity index (χ0v) is 12.2. The van der Waals surface area contributed by atoms with Crippen molar-refractivity contribution in [3.05, 3.63) is 58.8 Å². The molecule has 3 N–H and O–H groups in total. The Labute approximate surface area is 130 Å². The van der Waals surface area contributed by atoms with Crippen LogP contribution in [0.25, 0.3) is 11.0 Å². The van der Waals surface area contributed by atoms with Gasteiger partial charge in [-0.05, 0) is 37.3 Å². The molecule has 0 bridgehead atoms. The first-order valence-corrected chi connectivity index (χ1v) is 6.97. The van der Waals surface area contributed by atoms with Crippen LogP contribution in [0.15, 0.2) is 47.3 Å². The third-order valence-electron chi connectivity index (χ3n) is 3.29. The number of anilines is 1. The standard InChI is InChI=1S/C16H14FN3O3/c1-9(23-14-5-3-2-4-11(14)17)15(21)18-10-6-7-12-13(8-10)20-16(22)19-12/h2-9H,1H3,(H,18,21)(H2,19,20,22)/t9-/m0/s1. The summed E-state index contributed by atoms with van der Waals surface area (Å²) in [5, 5.41) is 2.66. The highest BCUT2D eigenvalue weighted by Crippen LogP contribution is 2.18. The molecule has 0 saturated carbocycles. The summed E-state index contributed by atoms with van der Waals surface area (Å²) < 4.78 is 18.8. The molecule has 0 aliphatic heterocycles. The Morgan fingerprint density at radius 2 is 1.91 bits per heavy atom. The molecule has 0 radical (unpaired) electrons. The van der Waals surface area contributed by atoms with Crippen molar-refractivity contribution in [1.82, 2.24) is 9.97 Å². The number of amides is 1. The molecule has 0 aliphatic rings. The maximum absolute atomic E-state index is 13.5. The second kappa shape index (κ2) is 5.96. The van der Waals surface area contributed by atoms with Crippen LogP contribution < -0.4 is 15.7 Å². The van der Waals surface area contributed by atoms with E-state index in [0.717, 1.165) is 0 Å². The smallest absolute Gasteiger partial charge is 0.323 e. The Morgan fingerprint density at radius 3 is 2.70 bits per heavy atom. The third-order valence-corrected chi connectivity index (χ3v) is 3.29. The van der Waals surface area contributed by atoms with E-state index >= 15 is 0 Å². The van der Waals surface area contributed by atoms with Crippen LogP contribution in [0.1, 0.15) is 6.92 Å². The van der Waals surface area contributed by atoms with Crippen LogP contribution in [-0.2, 0) is 4.79 Å². The van der Waals surface area contributed by atoms with Crippen molar-refractivity contribution in [3.8, 4) is 5.75 Å². The number of imidazole rings is 1. The second-order valence-corrected chi connectivity index (χ2v) is 5.02. The lowest BCUT2D eigenvalue weighted by Crippen LogP contribution is -2.30. The number of benzene rings is 2. The number of hydrogen-bond donors (Lipinski definition) is 3. The summed E-state index contributed by atoms with van der Waals surface area (Å²) in [6.07, 6.45) is -0.882. The number of hydrogen-bond acceptors (Lipinski definition) is 3. The van der Waals surface area contributed by atoms with Crippen molar-refractivity contribution >= 4 is 22.6 Å². The Bertz CT molecular complexity index is 916. The lowest BCUT2D eigenvalue weighted by molar-refractivity contribution is -0.122. The van der Waals surface area contributed by atoms with E-state index in [4.69, 9.17) is 4.74 Å². The molecule has 0 spiro atoms. The second-order valence-electron chi connectivity index (χ2n) is 5.02. The molecule has 0 unspecified atom stereocenters. The predicted molar refractivity (Wildman–Crippen MR) is 84.0 cm³/mol. The van der Waals surface area contributed by atoms with E-state index in [-0.39, 0.29) is 11.4 Å². The number of para-hydroxylation sites is 1. The molecule has 1 amide bonds. The van der Waals surface area contributed by atoms with Gasteiger partial charge in [-0.3, -0.25) is 4.79 Å². The molecule has 0 aliphatic carbocycles. The monoisotopic (exact) mass is 315 g/mol. The molecule has 1 aromatic heterocycles. The van der Waals surface area contributed by atoms with Crippen LogP contribution in [0.3, 0.4) is 0 Å². The molecule has 6 nitrogen and oxygen atoms in total. The topological polar surface area (TPSA) is 87.0 Å². The summed E-state index contributed by atoms with van der Waals surface area (Å²) in [7, 11) is 0. The number of aromatic amines is 2. The number of carbonyl (C=O) groups is 1. The molecule has 1 heterocycles. The van der Waals surface area contributed by atoms with Crippen molar-refractivity contribution in [2.24, 2.45) is 0 Å². The van der Waals surface area contributed by atoms with Gasteiger partial charge >= 0.3 is 5.69 Å². The Hall–Kier alpha value is -3.09. The average molecular weight is 315 g/mol. The lowest BCUT2D eigenvalue weighted by Gasteiger charge is -2.15. The summed E-state index contributed by atoms with van der Waals surface area (Å²) in [5.74, 6) is -0.940. The van der Waals surface area contributed by atoms with E-state index in [0.29, 0.717) is 16.7 Å². The van der Waals surface area contributed by atoms with Crippen LogP contribution in [0, 0.1) is 5.82 Å². The van der Waals surface area contributed by atoms with Crippen molar-refractivity contribution in [2.75, 3.05) is 5.32 Å². The van der Waals surface area contributed by atoms with Gasteiger partial charge in [0, 0.05) is 5.69 Å². The molecule has 23 heavy (non-hydrogen) atoms. The zero-order chi connectivity index (χ0) is 16.4. The summed E-state index contributed by atoms with van der Waals surface area (Å²) in [5.41, 5.74) is 1.40. The molecule has 1 atom stereocenters. The molecule has 2 aromatic carbocycles. The van der Waals surface area contributed by atoms with Crippen LogP contribution in [0.5, 0.6) is 5.75 Å². The maximum Gasteiger partial charge on any atom is 0.323 e. The van der Waals surface area contributed by atoms with Gasteiger partial charge in [-0.2, -0.15) is 0 Å². The van der Waals surface area contributed by atoms with Gasteiger partial charge in [-0.15, -0.1) is 0 Å². The highest BCUT2D eigenvalue weighted by atomic mass is 19.1. The minimum Gasteiger partial charge on any atom is -0.478 e. The van der Waals surface area contributed by atoms with E-state index in [1.807, 2.05) is 0 Å². The highest BCUT2D eigenvalue weighted by Gasteiger charge is 2.16. The van der Waals surface area contributed by atoms with E-state index in [1.165, 1.54) is 19.1 Å². The van der Waals surface area contributed by atoms with Crippen molar-refractivity contribution in [1.29, 1.82) is 0 Å². The largest absolute Gasteiger partial charge is 0.478 e. The molecule has 0 fully saturated rings. The number of nitrogens with one attached hydrogen (secondary N) is 3. The summed E-state index contributed by atoms with van der Waals surface area (Å²) in [6, 6.07) is 10.8. The van der Waals surface area contributed by atoms with Crippen LogP contribution in [0.2, 0.25) is 0 Å².